The molecular formula is C7H12NO2+. The van der Waals surface area contributed by atoms with Gasteiger partial charge in [0.05, 0.1) is 0 Å². The summed E-state index contributed by atoms with van der Waals surface area (Å²) in [6, 6.07) is 0.208. The molecule has 0 aromatic heterocycles. The number of carbonyl (C=O) groups is 1. The lowest BCUT2D eigenvalue weighted by Crippen LogP contribution is -2.60. The number of aliphatic carboxylic acids is 1. The van der Waals surface area contributed by atoms with Crippen molar-refractivity contribution in [1.82, 2.24) is 0 Å². The third-order valence-electron chi connectivity index (χ3n) is 1.73. The van der Waals surface area contributed by atoms with Gasteiger partial charge in [-0.25, -0.2) is 4.79 Å². The highest BCUT2D eigenvalue weighted by Gasteiger charge is 2.16. The van der Waals surface area contributed by atoms with Gasteiger partial charge in [0, 0.05) is 12.0 Å². The van der Waals surface area contributed by atoms with Crippen LogP contribution in [0.1, 0.15) is 19.3 Å². The Balaban J connectivity index is 2.66. The highest BCUT2D eigenvalue weighted by atomic mass is 16.4. The highest BCUT2D eigenvalue weighted by molar-refractivity contribution is 5.86. The molecule has 0 spiro atoms. The summed E-state index contributed by atoms with van der Waals surface area (Å²) in [5.41, 5.74) is 4.32. The molecule has 1 rings (SSSR count). The quantitative estimate of drug-likeness (QED) is 0.532. The second-order valence-electron chi connectivity index (χ2n) is 2.65. The Labute approximate surface area is 59.5 Å². The standard InChI is InChI=1S/C7H11NO2/c8-6-3-1-2-5(4-6)7(9)10/h4,6H,1-3,8H2,(H,9,10)/p+1. The fourth-order valence-electron chi connectivity index (χ4n) is 1.18. The van der Waals surface area contributed by atoms with Crippen LogP contribution in [0.3, 0.4) is 0 Å². The van der Waals surface area contributed by atoms with Gasteiger partial charge in [-0.2, -0.15) is 0 Å². The molecule has 0 bridgehead atoms. The van der Waals surface area contributed by atoms with Crippen molar-refractivity contribution in [2.75, 3.05) is 0 Å². The predicted octanol–water partition coefficient (Wildman–Crippen LogP) is -0.208. The molecule has 0 aromatic rings. The van der Waals surface area contributed by atoms with Crippen LogP contribution < -0.4 is 5.73 Å². The molecule has 1 aliphatic rings. The zero-order valence-corrected chi connectivity index (χ0v) is 5.84. The molecule has 0 aliphatic heterocycles. The average Bonchev–Trinajstić information content (AvgIpc) is 1.88. The Morgan fingerprint density at radius 1 is 1.80 bits per heavy atom. The Bertz CT molecular complexity index is 174. The van der Waals surface area contributed by atoms with E-state index in [1.165, 1.54) is 0 Å². The van der Waals surface area contributed by atoms with Gasteiger partial charge in [0.2, 0.25) is 0 Å². The number of carboxylic acid groups (broad SMARTS) is 1. The number of carboxylic acids is 1. The summed E-state index contributed by atoms with van der Waals surface area (Å²) >= 11 is 0. The van der Waals surface area contributed by atoms with Crippen LogP contribution in [0.2, 0.25) is 0 Å². The van der Waals surface area contributed by atoms with Gasteiger partial charge in [-0.15, -0.1) is 0 Å². The smallest absolute Gasteiger partial charge is 0.331 e. The number of hydrogen-bond donors (Lipinski definition) is 2. The van der Waals surface area contributed by atoms with E-state index in [1.807, 2.05) is 0 Å². The van der Waals surface area contributed by atoms with Gasteiger partial charge in [0.25, 0.3) is 0 Å². The molecule has 4 N–H and O–H groups in total. The van der Waals surface area contributed by atoms with Gasteiger partial charge < -0.3 is 10.8 Å². The van der Waals surface area contributed by atoms with Crippen molar-refractivity contribution in [3.05, 3.63) is 11.6 Å². The van der Waals surface area contributed by atoms with Gasteiger partial charge in [-0.1, -0.05) is 0 Å². The monoisotopic (exact) mass is 142 g/mol. The Morgan fingerprint density at radius 3 is 2.90 bits per heavy atom. The van der Waals surface area contributed by atoms with Crippen molar-refractivity contribution < 1.29 is 15.6 Å². The molecule has 1 aliphatic carbocycles. The van der Waals surface area contributed by atoms with Crippen molar-refractivity contribution in [2.24, 2.45) is 0 Å². The lowest BCUT2D eigenvalue weighted by molar-refractivity contribution is -0.405. The molecule has 0 aromatic carbocycles. The molecule has 0 saturated carbocycles. The van der Waals surface area contributed by atoms with Crippen LogP contribution in [-0.4, -0.2) is 17.1 Å². The molecule has 0 radical (unpaired) electrons. The van der Waals surface area contributed by atoms with Gasteiger partial charge in [-0.05, 0) is 18.9 Å². The normalized spacial score (nSPS) is 25.7. The van der Waals surface area contributed by atoms with Crippen LogP contribution in [0.4, 0.5) is 0 Å². The highest BCUT2D eigenvalue weighted by Crippen LogP contribution is 2.15. The van der Waals surface area contributed by atoms with Crippen molar-refractivity contribution in [3.63, 3.8) is 0 Å². The Kier molecular flexibility index (Phi) is 2.06. The largest absolute Gasteiger partial charge is 0.478 e. The van der Waals surface area contributed by atoms with Crippen molar-refractivity contribution >= 4 is 5.97 Å². The summed E-state index contributed by atoms with van der Waals surface area (Å²) in [7, 11) is 0. The Hall–Kier alpha value is -0.830. The fourth-order valence-corrected chi connectivity index (χ4v) is 1.18. The summed E-state index contributed by atoms with van der Waals surface area (Å²) in [6.45, 7) is 0. The first-order valence-corrected chi connectivity index (χ1v) is 3.47. The zero-order valence-electron chi connectivity index (χ0n) is 5.84. The summed E-state index contributed by atoms with van der Waals surface area (Å²) in [5, 5.41) is 8.56. The Morgan fingerprint density at radius 2 is 2.50 bits per heavy atom. The van der Waals surface area contributed by atoms with E-state index in [2.05, 4.69) is 5.73 Å². The molecule has 1 atom stereocenters. The molecule has 0 heterocycles. The maximum atomic E-state index is 10.4. The van der Waals surface area contributed by atoms with Crippen LogP contribution in [0.5, 0.6) is 0 Å². The van der Waals surface area contributed by atoms with E-state index >= 15 is 0 Å². The fraction of sp³-hybridized carbons (Fsp3) is 0.571. The van der Waals surface area contributed by atoms with E-state index in [0.29, 0.717) is 12.0 Å². The minimum atomic E-state index is -0.784. The number of quaternary nitrogens is 1. The first-order valence-electron chi connectivity index (χ1n) is 3.47. The third kappa shape index (κ3) is 1.57. The third-order valence-corrected chi connectivity index (χ3v) is 1.73. The molecule has 56 valence electrons. The zero-order chi connectivity index (χ0) is 7.56. The second-order valence-corrected chi connectivity index (χ2v) is 2.65. The van der Waals surface area contributed by atoms with E-state index in [4.69, 9.17) is 5.11 Å². The van der Waals surface area contributed by atoms with Gasteiger partial charge in [-0.3, -0.25) is 0 Å². The van der Waals surface area contributed by atoms with Crippen LogP contribution in [0, 0.1) is 0 Å². The van der Waals surface area contributed by atoms with Gasteiger partial charge in [0.15, 0.2) is 0 Å². The van der Waals surface area contributed by atoms with Gasteiger partial charge in [0.1, 0.15) is 6.04 Å². The minimum Gasteiger partial charge on any atom is -0.478 e. The minimum absolute atomic E-state index is 0.208. The second kappa shape index (κ2) is 2.84. The summed E-state index contributed by atoms with van der Waals surface area (Å²) < 4.78 is 0. The van der Waals surface area contributed by atoms with Crippen molar-refractivity contribution in [1.29, 1.82) is 0 Å². The lowest BCUT2D eigenvalue weighted by atomic mass is 9.96. The van der Waals surface area contributed by atoms with E-state index in [9.17, 15) is 4.79 Å². The molecular weight excluding hydrogens is 130 g/mol. The van der Waals surface area contributed by atoms with Crippen LogP contribution in [-0.2, 0) is 4.79 Å². The first-order chi connectivity index (χ1) is 4.70. The van der Waals surface area contributed by atoms with Crippen LogP contribution >= 0.6 is 0 Å². The van der Waals surface area contributed by atoms with Crippen molar-refractivity contribution in [3.8, 4) is 0 Å². The lowest BCUT2D eigenvalue weighted by Gasteiger charge is -2.11. The molecule has 10 heavy (non-hydrogen) atoms. The molecule has 0 fully saturated rings. The molecule has 0 saturated heterocycles. The molecule has 0 amide bonds. The summed E-state index contributed by atoms with van der Waals surface area (Å²) in [6.07, 6.45) is 4.45. The van der Waals surface area contributed by atoms with E-state index < -0.39 is 5.97 Å². The van der Waals surface area contributed by atoms with Crippen molar-refractivity contribution in [2.45, 2.75) is 25.3 Å². The van der Waals surface area contributed by atoms with Gasteiger partial charge >= 0.3 is 5.97 Å². The first kappa shape index (κ1) is 7.28. The van der Waals surface area contributed by atoms with E-state index in [1.54, 1.807) is 6.08 Å². The summed E-state index contributed by atoms with van der Waals surface area (Å²) in [4.78, 5) is 10.4. The maximum absolute atomic E-state index is 10.4. The molecule has 1 unspecified atom stereocenters. The topological polar surface area (TPSA) is 64.9 Å². The predicted molar refractivity (Wildman–Crippen MR) is 36.2 cm³/mol. The molecule has 3 nitrogen and oxygen atoms in total. The SMILES string of the molecule is [NH3+]C1C=C(C(=O)O)CCC1. The summed E-state index contributed by atoms with van der Waals surface area (Å²) in [5.74, 6) is -0.784. The van der Waals surface area contributed by atoms with E-state index in [0.717, 1.165) is 12.8 Å². The van der Waals surface area contributed by atoms with Crippen LogP contribution in [0.25, 0.3) is 0 Å². The number of hydrogen-bond acceptors (Lipinski definition) is 1. The average molecular weight is 142 g/mol. The maximum Gasteiger partial charge on any atom is 0.331 e. The van der Waals surface area contributed by atoms with E-state index in [-0.39, 0.29) is 6.04 Å². The number of rotatable bonds is 1. The van der Waals surface area contributed by atoms with Crippen LogP contribution in [0.15, 0.2) is 11.6 Å². The molecule has 3 heteroatoms.